The quantitative estimate of drug-likeness (QED) is 0.672. The summed E-state index contributed by atoms with van der Waals surface area (Å²) in [5, 5.41) is 9.51. The van der Waals surface area contributed by atoms with Crippen molar-refractivity contribution >= 4 is 28.4 Å². The normalized spacial score (nSPS) is 12.2. The summed E-state index contributed by atoms with van der Waals surface area (Å²) in [7, 11) is 0. The summed E-state index contributed by atoms with van der Waals surface area (Å²) in [5.74, 6) is 1.78. The maximum Gasteiger partial charge on any atom is 0.244 e. The standard InChI is InChI=1S/C18H20N4OS/c1-14(22-13-19-12-21-22)18(23)20-9-10-24-11-16-7-4-6-15-5-2-3-8-17(15)16/h2-8,12-14H,9-11H2,1H3,(H,20,23). The summed E-state index contributed by atoms with van der Waals surface area (Å²) in [4.78, 5) is 15.9. The summed E-state index contributed by atoms with van der Waals surface area (Å²) in [6.45, 7) is 2.46. The van der Waals surface area contributed by atoms with E-state index in [1.807, 2.05) is 18.7 Å². The number of benzene rings is 2. The number of thioether (sulfide) groups is 1. The Morgan fingerprint density at radius 3 is 2.92 bits per heavy atom. The SMILES string of the molecule is CC(C(=O)NCCSCc1cccc2ccccc12)n1cncn1. The molecular weight excluding hydrogens is 320 g/mol. The molecule has 3 aromatic rings. The number of nitrogens with one attached hydrogen (secondary N) is 1. The average molecular weight is 340 g/mol. The molecule has 0 radical (unpaired) electrons. The van der Waals surface area contributed by atoms with Crippen LogP contribution in [-0.2, 0) is 10.5 Å². The first-order valence-corrected chi connectivity index (χ1v) is 9.07. The zero-order chi connectivity index (χ0) is 16.8. The Kier molecular flexibility index (Phi) is 5.48. The van der Waals surface area contributed by atoms with Crippen LogP contribution < -0.4 is 5.32 Å². The van der Waals surface area contributed by atoms with Crippen molar-refractivity contribution in [1.29, 1.82) is 0 Å². The molecule has 1 N–H and O–H groups in total. The van der Waals surface area contributed by atoms with Gasteiger partial charge in [-0.05, 0) is 23.3 Å². The summed E-state index contributed by atoms with van der Waals surface area (Å²) < 4.78 is 1.55. The molecule has 0 aliphatic carbocycles. The average Bonchev–Trinajstić information content (AvgIpc) is 3.15. The van der Waals surface area contributed by atoms with E-state index in [-0.39, 0.29) is 11.9 Å². The Bertz CT molecular complexity index is 798. The minimum absolute atomic E-state index is 0.0359. The first kappa shape index (κ1) is 16.5. The highest BCUT2D eigenvalue weighted by Gasteiger charge is 2.14. The Balaban J connectivity index is 1.45. The van der Waals surface area contributed by atoms with Crippen LogP contribution in [0.2, 0.25) is 0 Å². The Morgan fingerprint density at radius 2 is 2.08 bits per heavy atom. The van der Waals surface area contributed by atoms with E-state index in [0.29, 0.717) is 6.54 Å². The molecule has 24 heavy (non-hydrogen) atoms. The number of rotatable bonds is 7. The maximum atomic E-state index is 12.0. The van der Waals surface area contributed by atoms with Gasteiger partial charge in [-0.3, -0.25) is 4.79 Å². The molecule has 2 aromatic carbocycles. The lowest BCUT2D eigenvalue weighted by Gasteiger charge is -2.12. The Morgan fingerprint density at radius 1 is 1.25 bits per heavy atom. The van der Waals surface area contributed by atoms with E-state index in [4.69, 9.17) is 0 Å². The molecule has 1 atom stereocenters. The van der Waals surface area contributed by atoms with Gasteiger partial charge in [-0.1, -0.05) is 42.5 Å². The van der Waals surface area contributed by atoms with Gasteiger partial charge in [0.05, 0.1) is 0 Å². The molecule has 0 aliphatic rings. The van der Waals surface area contributed by atoms with Gasteiger partial charge in [0.25, 0.3) is 0 Å². The number of hydrogen-bond acceptors (Lipinski definition) is 4. The van der Waals surface area contributed by atoms with Crippen LogP contribution in [0.25, 0.3) is 10.8 Å². The van der Waals surface area contributed by atoms with Gasteiger partial charge in [0, 0.05) is 18.1 Å². The van der Waals surface area contributed by atoms with E-state index < -0.39 is 0 Å². The largest absolute Gasteiger partial charge is 0.353 e. The molecule has 124 valence electrons. The molecule has 3 rings (SSSR count). The first-order valence-electron chi connectivity index (χ1n) is 7.92. The van der Waals surface area contributed by atoms with Crippen LogP contribution in [0.1, 0.15) is 18.5 Å². The molecule has 1 aromatic heterocycles. The highest BCUT2D eigenvalue weighted by atomic mass is 32.2. The molecule has 1 heterocycles. The third-order valence-corrected chi connectivity index (χ3v) is 4.90. The number of hydrogen-bond donors (Lipinski definition) is 1. The summed E-state index contributed by atoms with van der Waals surface area (Å²) >= 11 is 1.82. The molecule has 0 spiro atoms. The van der Waals surface area contributed by atoms with Crippen molar-refractivity contribution < 1.29 is 4.79 Å². The van der Waals surface area contributed by atoms with Crippen LogP contribution in [0.3, 0.4) is 0 Å². The zero-order valence-corrected chi connectivity index (χ0v) is 14.4. The molecule has 5 nitrogen and oxygen atoms in total. The monoisotopic (exact) mass is 340 g/mol. The summed E-state index contributed by atoms with van der Waals surface area (Å²) in [6.07, 6.45) is 2.99. The second-order valence-corrected chi connectivity index (χ2v) is 6.64. The Hall–Kier alpha value is -2.34. The smallest absolute Gasteiger partial charge is 0.244 e. The predicted molar refractivity (Wildman–Crippen MR) is 97.9 cm³/mol. The van der Waals surface area contributed by atoms with Crippen molar-refractivity contribution in [2.45, 2.75) is 18.7 Å². The minimum Gasteiger partial charge on any atom is -0.353 e. The van der Waals surface area contributed by atoms with Crippen LogP contribution in [-0.4, -0.2) is 33.0 Å². The maximum absolute atomic E-state index is 12.0. The highest BCUT2D eigenvalue weighted by Crippen LogP contribution is 2.22. The fourth-order valence-corrected chi connectivity index (χ4v) is 3.39. The molecule has 0 fully saturated rings. The predicted octanol–water partition coefficient (Wildman–Crippen LogP) is 3.04. The topological polar surface area (TPSA) is 59.8 Å². The van der Waals surface area contributed by atoms with Crippen molar-refractivity contribution in [3.05, 3.63) is 60.7 Å². The molecular formula is C18H20N4OS. The van der Waals surface area contributed by atoms with E-state index in [2.05, 4.69) is 57.9 Å². The second-order valence-electron chi connectivity index (χ2n) is 5.53. The molecule has 1 amide bonds. The molecule has 0 saturated heterocycles. The number of fused-ring (bicyclic) bond motifs is 1. The lowest BCUT2D eigenvalue weighted by atomic mass is 10.1. The number of carbonyl (C=O) groups excluding carboxylic acids is 1. The minimum atomic E-state index is -0.337. The van der Waals surface area contributed by atoms with Gasteiger partial charge in [-0.15, -0.1) is 0 Å². The van der Waals surface area contributed by atoms with E-state index in [1.165, 1.54) is 22.7 Å². The second kappa shape index (κ2) is 7.97. The number of carbonyl (C=O) groups is 1. The van der Waals surface area contributed by atoms with Gasteiger partial charge in [0.1, 0.15) is 18.7 Å². The van der Waals surface area contributed by atoms with E-state index in [1.54, 1.807) is 11.0 Å². The van der Waals surface area contributed by atoms with Gasteiger partial charge in [0.15, 0.2) is 0 Å². The third-order valence-electron chi connectivity index (χ3n) is 3.90. The van der Waals surface area contributed by atoms with Crippen molar-refractivity contribution in [3.8, 4) is 0 Å². The fourth-order valence-electron chi connectivity index (χ4n) is 2.53. The van der Waals surface area contributed by atoms with Crippen molar-refractivity contribution in [1.82, 2.24) is 20.1 Å². The van der Waals surface area contributed by atoms with Gasteiger partial charge >= 0.3 is 0 Å². The molecule has 0 bridgehead atoms. The van der Waals surface area contributed by atoms with Gasteiger partial charge < -0.3 is 5.32 Å². The van der Waals surface area contributed by atoms with E-state index in [0.717, 1.165) is 11.5 Å². The van der Waals surface area contributed by atoms with Gasteiger partial charge in [0.2, 0.25) is 5.91 Å². The third kappa shape index (κ3) is 3.94. The van der Waals surface area contributed by atoms with E-state index in [9.17, 15) is 4.79 Å². The summed E-state index contributed by atoms with van der Waals surface area (Å²) in [5.41, 5.74) is 1.33. The van der Waals surface area contributed by atoms with Crippen molar-refractivity contribution in [3.63, 3.8) is 0 Å². The molecule has 1 unspecified atom stereocenters. The lowest BCUT2D eigenvalue weighted by molar-refractivity contribution is -0.124. The van der Waals surface area contributed by atoms with Crippen LogP contribution >= 0.6 is 11.8 Å². The van der Waals surface area contributed by atoms with Crippen LogP contribution in [0.5, 0.6) is 0 Å². The molecule has 0 aliphatic heterocycles. The number of amides is 1. The Labute approximate surface area is 145 Å². The lowest BCUT2D eigenvalue weighted by Crippen LogP contribution is -2.32. The van der Waals surface area contributed by atoms with Crippen LogP contribution in [0.4, 0.5) is 0 Å². The number of aromatic nitrogens is 3. The zero-order valence-electron chi connectivity index (χ0n) is 13.6. The summed E-state index contributed by atoms with van der Waals surface area (Å²) in [6, 6.07) is 14.5. The van der Waals surface area contributed by atoms with Crippen LogP contribution in [0, 0.1) is 0 Å². The van der Waals surface area contributed by atoms with Crippen molar-refractivity contribution in [2.75, 3.05) is 12.3 Å². The van der Waals surface area contributed by atoms with Gasteiger partial charge in [-0.25, -0.2) is 9.67 Å². The van der Waals surface area contributed by atoms with E-state index >= 15 is 0 Å². The molecule has 6 heteroatoms. The van der Waals surface area contributed by atoms with Crippen LogP contribution in [0.15, 0.2) is 55.1 Å². The fraction of sp³-hybridized carbons (Fsp3) is 0.278. The molecule has 0 saturated carbocycles. The van der Waals surface area contributed by atoms with Crippen molar-refractivity contribution in [2.24, 2.45) is 0 Å². The number of nitrogens with zero attached hydrogens (tertiary/aromatic N) is 3. The van der Waals surface area contributed by atoms with Gasteiger partial charge in [-0.2, -0.15) is 16.9 Å². The highest BCUT2D eigenvalue weighted by molar-refractivity contribution is 7.98. The first-order chi connectivity index (χ1) is 11.8.